The molecule has 0 aliphatic carbocycles. The summed E-state index contributed by atoms with van der Waals surface area (Å²) in [6.45, 7) is 1.95. The van der Waals surface area contributed by atoms with Crippen LogP contribution >= 0.6 is 11.3 Å². The Bertz CT molecular complexity index is 1430. The zero-order valence-electron chi connectivity index (χ0n) is 19.0. The van der Waals surface area contributed by atoms with Gasteiger partial charge in [0.05, 0.1) is 22.2 Å². The van der Waals surface area contributed by atoms with Crippen molar-refractivity contribution in [3.63, 3.8) is 0 Å². The highest BCUT2D eigenvalue weighted by molar-refractivity contribution is 7.22. The lowest BCUT2D eigenvalue weighted by atomic mass is 10.0. The number of carbonyl (C=O) groups excluding carboxylic acids is 2. The second-order valence-corrected chi connectivity index (χ2v) is 9.13. The van der Waals surface area contributed by atoms with Crippen LogP contribution in [0.4, 0.5) is 10.8 Å². The van der Waals surface area contributed by atoms with Crippen molar-refractivity contribution < 1.29 is 14.0 Å². The van der Waals surface area contributed by atoms with Crippen LogP contribution in [0.2, 0.25) is 0 Å². The molecule has 2 aromatic heterocycles. The van der Waals surface area contributed by atoms with Crippen LogP contribution in [-0.4, -0.2) is 22.8 Å². The Kier molecular flexibility index (Phi) is 6.41. The van der Waals surface area contributed by atoms with E-state index in [4.69, 9.17) is 9.40 Å². The van der Waals surface area contributed by atoms with Crippen molar-refractivity contribution in [3.8, 4) is 0 Å². The molecule has 2 amide bonds. The molecule has 0 fully saturated rings. The van der Waals surface area contributed by atoms with E-state index in [9.17, 15) is 9.59 Å². The van der Waals surface area contributed by atoms with Crippen LogP contribution in [0.25, 0.3) is 10.2 Å². The average molecular weight is 482 g/mol. The summed E-state index contributed by atoms with van der Waals surface area (Å²) in [5, 5.41) is 3.45. The third-order valence-electron chi connectivity index (χ3n) is 5.68. The quantitative estimate of drug-likeness (QED) is 0.314. The highest BCUT2D eigenvalue weighted by atomic mass is 32.1. The molecule has 5 rings (SSSR count). The second-order valence-electron chi connectivity index (χ2n) is 8.12. The summed E-state index contributed by atoms with van der Waals surface area (Å²) in [5.41, 5.74) is 3.40. The normalized spacial score (nSPS) is 11.8. The average Bonchev–Trinajstić information content (AvgIpc) is 3.56. The van der Waals surface area contributed by atoms with Gasteiger partial charge in [0.1, 0.15) is 6.04 Å². The Morgan fingerprint density at radius 1 is 0.943 bits per heavy atom. The highest BCUT2D eigenvalue weighted by Gasteiger charge is 2.31. The molecule has 1 unspecified atom stereocenters. The predicted molar refractivity (Wildman–Crippen MR) is 138 cm³/mol. The molecule has 2 heterocycles. The molecule has 0 aliphatic heterocycles. The maximum Gasteiger partial charge on any atom is 0.287 e. The molecular weight excluding hydrogens is 458 g/mol. The summed E-state index contributed by atoms with van der Waals surface area (Å²) in [7, 11) is 0. The van der Waals surface area contributed by atoms with Crippen molar-refractivity contribution in [3.05, 3.63) is 114 Å². The topological polar surface area (TPSA) is 75.4 Å². The van der Waals surface area contributed by atoms with E-state index in [-0.39, 0.29) is 11.7 Å². The third kappa shape index (κ3) is 4.85. The summed E-state index contributed by atoms with van der Waals surface area (Å²) in [4.78, 5) is 33.5. The summed E-state index contributed by atoms with van der Waals surface area (Å²) in [6.07, 6.45) is 1.75. The number of amides is 2. The standard InChI is InChI=1S/C28H23N3O3S/c1-19-10-5-7-14-23(19)31(28-30-21-13-6-8-16-25(21)35-28)27(33)22(18-20-11-3-2-4-12-20)29-26(32)24-15-9-17-34-24/h2-17,22H,18H2,1H3,(H,29,32). The van der Waals surface area contributed by atoms with E-state index in [1.807, 2.05) is 85.8 Å². The number of fused-ring (bicyclic) bond motifs is 1. The van der Waals surface area contributed by atoms with Gasteiger partial charge in [0.15, 0.2) is 10.9 Å². The maximum absolute atomic E-state index is 14.2. The molecule has 0 saturated carbocycles. The third-order valence-corrected chi connectivity index (χ3v) is 6.70. The molecule has 3 aromatic carbocycles. The van der Waals surface area contributed by atoms with Gasteiger partial charge in [-0.25, -0.2) is 4.98 Å². The lowest BCUT2D eigenvalue weighted by Crippen LogP contribution is -2.48. The molecule has 35 heavy (non-hydrogen) atoms. The monoisotopic (exact) mass is 481 g/mol. The van der Waals surface area contributed by atoms with Gasteiger partial charge in [0, 0.05) is 6.42 Å². The van der Waals surface area contributed by atoms with Crippen molar-refractivity contribution in [1.82, 2.24) is 10.3 Å². The number of rotatable bonds is 7. The highest BCUT2D eigenvalue weighted by Crippen LogP contribution is 2.35. The SMILES string of the molecule is Cc1ccccc1N(C(=O)C(Cc1ccccc1)NC(=O)c1ccco1)c1nc2ccccc2s1. The van der Waals surface area contributed by atoms with E-state index in [1.54, 1.807) is 17.0 Å². The lowest BCUT2D eigenvalue weighted by Gasteiger charge is -2.27. The lowest BCUT2D eigenvalue weighted by molar-refractivity contribution is -0.119. The first-order valence-corrected chi connectivity index (χ1v) is 12.1. The Hall–Kier alpha value is -4.23. The fourth-order valence-corrected chi connectivity index (χ4v) is 4.91. The van der Waals surface area contributed by atoms with Crippen molar-refractivity contribution in [2.45, 2.75) is 19.4 Å². The second kappa shape index (κ2) is 9.95. The van der Waals surface area contributed by atoms with E-state index >= 15 is 0 Å². The molecule has 0 radical (unpaired) electrons. The van der Waals surface area contributed by atoms with Gasteiger partial charge >= 0.3 is 0 Å². The number of anilines is 2. The number of aryl methyl sites for hydroxylation is 1. The number of hydrogen-bond acceptors (Lipinski definition) is 5. The van der Waals surface area contributed by atoms with Crippen LogP contribution in [0, 0.1) is 6.92 Å². The fraction of sp³-hybridized carbons (Fsp3) is 0.107. The van der Waals surface area contributed by atoms with E-state index in [0.29, 0.717) is 11.6 Å². The van der Waals surface area contributed by atoms with E-state index in [1.165, 1.54) is 17.6 Å². The van der Waals surface area contributed by atoms with Crippen LogP contribution in [-0.2, 0) is 11.2 Å². The van der Waals surface area contributed by atoms with Crippen LogP contribution in [0.1, 0.15) is 21.7 Å². The first-order valence-electron chi connectivity index (χ1n) is 11.2. The van der Waals surface area contributed by atoms with E-state index < -0.39 is 11.9 Å². The molecule has 1 atom stereocenters. The summed E-state index contributed by atoms with van der Waals surface area (Å²) in [5.74, 6) is -0.571. The summed E-state index contributed by atoms with van der Waals surface area (Å²) < 4.78 is 6.25. The Labute approximate surface area is 206 Å². The molecule has 5 aromatic rings. The number of nitrogens with zero attached hydrogens (tertiary/aromatic N) is 2. The molecular formula is C28H23N3O3S. The van der Waals surface area contributed by atoms with E-state index in [0.717, 1.165) is 27.0 Å². The largest absolute Gasteiger partial charge is 0.459 e. The first kappa shape index (κ1) is 22.6. The number of carbonyl (C=O) groups is 2. The minimum atomic E-state index is -0.846. The van der Waals surface area contributed by atoms with Crippen molar-refractivity contribution in [1.29, 1.82) is 0 Å². The minimum Gasteiger partial charge on any atom is -0.459 e. The zero-order valence-corrected chi connectivity index (χ0v) is 19.9. The molecule has 174 valence electrons. The molecule has 0 saturated heterocycles. The molecule has 0 spiro atoms. The van der Waals surface area contributed by atoms with Crippen LogP contribution in [0.3, 0.4) is 0 Å². The fourth-order valence-electron chi connectivity index (χ4n) is 3.93. The van der Waals surface area contributed by atoms with Gasteiger partial charge in [-0.05, 0) is 48.4 Å². The molecule has 6 nitrogen and oxygen atoms in total. The number of nitrogens with one attached hydrogen (secondary N) is 1. The number of thiazole rings is 1. The van der Waals surface area contributed by atoms with Gasteiger partial charge in [-0.2, -0.15) is 0 Å². The van der Waals surface area contributed by atoms with Crippen molar-refractivity contribution in [2.24, 2.45) is 0 Å². The van der Waals surface area contributed by atoms with Crippen molar-refractivity contribution in [2.75, 3.05) is 4.90 Å². The molecule has 1 N–H and O–H groups in total. The van der Waals surface area contributed by atoms with Gasteiger partial charge in [-0.15, -0.1) is 0 Å². The number of benzene rings is 3. The van der Waals surface area contributed by atoms with Crippen LogP contribution in [0.5, 0.6) is 0 Å². The van der Waals surface area contributed by atoms with Gasteiger partial charge in [-0.3, -0.25) is 14.5 Å². The van der Waals surface area contributed by atoms with Crippen LogP contribution < -0.4 is 10.2 Å². The number of para-hydroxylation sites is 2. The predicted octanol–water partition coefficient (Wildman–Crippen LogP) is 5.90. The smallest absolute Gasteiger partial charge is 0.287 e. The molecule has 7 heteroatoms. The number of furan rings is 1. The Balaban J connectivity index is 1.58. The van der Waals surface area contributed by atoms with Gasteiger partial charge in [0.2, 0.25) is 0 Å². The minimum absolute atomic E-state index is 0.151. The maximum atomic E-state index is 14.2. The van der Waals surface area contributed by atoms with Gasteiger partial charge in [-0.1, -0.05) is 72.0 Å². The zero-order chi connectivity index (χ0) is 24.2. The van der Waals surface area contributed by atoms with Gasteiger partial charge in [0.25, 0.3) is 11.8 Å². The molecule has 0 aliphatic rings. The van der Waals surface area contributed by atoms with Crippen LogP contribution in [0.15, 0.2) is 102 Å². The number of aromatic nitrogens is 1. The van der Waals surface area contributed by atoms with Gasteiger partial charge < -0.3 is 9.73 Å². The van der Waals surface area contributed by atoms with E-state index in [2.05, 4.69) is 5.32 Å². The summed E-state index contributed by atoms with van der Waals surface area (Å²) in [6, 6.07) is 27.5. The molecule has 0 bridgehead atoms. The Morgan fingerprint density at radius 3 is 2.43 bits per heavy atom. The van der Waals surface area contributed by atoms with Crippen molar-refractivity contribution >= 4 is 44.2 Å². The number of hydrogen-bond donors (Lipinski definition) is 1. The first-order chi connectivity index (χ1) is 17.1. The Morgan fingerprint density at radius 2 is 1.69 bits per heavy atom. The summed E-state index contributed by atoms with van der Waals surface area (Å²) >= 11 is 1.44.